The SMILES string of the molecule is C.c1ccc(-c2ccccc2N(c2ccccc2-c2ccccc2)c2ccc3ccc4c(N(c5ccccc5-c5ccccc5)c5ccccc5-c5ccccc5)ccc5ccc2c3c54)cc1. The molecule has 0 bridgehead atoms. The van der Waals surface area contributed by atoms with Gasteiger partial charge < -0.3 is 9.80 Å². The lowest BCUT2D eigenvalue weighted by Gasteiger charge is -2.32. The summed E-state index contributed by atoms with van der Waals surface area (Å²) >= 11 is 0. The highest BCUT2D eigenvalue weighted by molar-refractivity contribution is 6.28. The molecule has 2 heteroatoms. The summed E-state index contributed by atoms with van der Waals surface area (Å²) < 4.78 is 0. The fraction of sp³-hybridized carbons (Fsp3) is 0.0154. The Bertz CT molecular complexity index is 3230. The molecule has 12 aromatic carbocycles. The van der Waals surface area contributed by atoms with E-state index in [4.69, 9.17) is 0 Å². The summed E-state index contributed by atoms with van der Waals surface area (Å²) in [5, 5.41) is 7.28. The lowest BCUT2D eigenvalue weighted by Crippen LogP contribution is -2.14. The standard InChI is InChI=1S/C64H44N2.CH4/c1-5-21-45(22-6-1)51-29-13-17-33-57(51)65(58-34-18-14-30-52(58)46-23-7-2-8-24-46)61-43-39-49-38-42-56-62(44-40-50-37-41-55(61)63(49)64(50)56)66(59-35-19-15-31-53(59)47-25-9-3-10-26-47)60-36-20-16-32-54(60)48-27-11-4-12-28-48;/h1-44H;1H4. The van der Waals surface area contributed by atoms with E-state index in [-0.39, 0.29) is 7.43 Å². The average molecular weight is 857 g/mol. The fourth-order valence-corrected chi connectivity index (χ4v) is 10.1. The van der Waals surface area contributed by atoms with Crippen LogP contribution in [-0.4, -0.2) is 0 Å². The molecule has 67 heavy (non-hydrogen) atoms. The Kier molecular flexibility index (Phi) is 10.8. The van der Waals surface area contributed by atoms with Gasteiger partial charge in [-0.15, -0.1) is 0 Å². The second-order valence-electron chi connectivity index (χ2n) is 16.8. The van der Waals surface area contributed by atoms with Crippen LogP contribution in [0, 0.1) is 0 Å². The summed E-state index contributed by atoms with van der Waals surface area (Å²) in [6, 6.07) is 97.0. The molecule has 0 aliphatic carbocycles. The maximum absolute atomic E-state index is 2.50. The Morgan fingerprint density at radius 2 is 0.433 bits per heavy atom. The van der Waals surface area contributed by atoms with Gasteiger partial charge in [0, 0.05) is 33.0 Å². The van der Waals surface area contributed by atoms with Gasteiger partial charge in [-0.1, -0.05) is 238 Å². The smallest absolute Gasteiger partial charge is 0.0541 e. The Labute approximate surface area is 393 Å². The minimum atomic E-state index is 0. The minimum absolute atomic E-state index is 0. The Balaban J connectivity index is 0.00000494. The fourth-order valence-electron chi connectivity index (χ4n) is 10.1. The normalized spacial score (nSPS) is 11.2. The highest BCUT2D eigenvalue weighted by Crippen LogP contribution is 2.52. The first-order valence-electron chi connectivity index (χ1n) is 22.7. The molecule has 12 rings (SSSR count). The van der Waals surface area contributed by atoms with Gasteiger partial charge in [0.2, 0.25) is 0 Å². The molecule has 0 heterocycles. The van der Waals surface area contributed by atoms with E-state index in [1.165, 1.54) is 76.8 Å². The molecule has 0 saturated carbocycles. The van der Waals surface area contributed by atoms with Gasteiger partial charge in [0.25, 0.3) is 0 Å². The topological polar surface area (TPSA) is 6.48 Å². The van der Waals surface area contributed by atoms with Gasteiger partial charge in [0.15, 0.2) is 0 Å². The Morgan fingerprint density at radius 1 is 0.194 bits per heavy atom. The van der Waals surface area contributed by atoms with Crippen LogP contribution in [-0.2, 0) is 0 Å². The van der Waals surface area contributed by atoms with Crippen molar-refractivity contribution < 1.29 is 0 Å². The van der Waals surface area contributed by atoms with Gasteiger partial charge in [-0.3, -0.25) is 0 Å². The zero-order valence-corrected chi connectivity index (χ0v) is 36.3. The lowest BCUT2D eigenvalue weighted by atomic mass is 9.90. The van der Waals surface area contributed by atoms with E-state index in [1.807, 2.05) is 0 Å². The molecule has 0 fully saturated rings. The number of hydrogen-bond donors (Lipinski definition) is 0. The van der Waals surface area contributed by atoms with Crippen molar-refractivity contribution in [1.82, 2.24) is 0 Å². The zero-order valence-electron chi connectivity index (χ0n) is 36.3. The molecule has 0 spiro atoms. The predicted molar refractivity (Wildman–Crippen MR) is 288 cm³/mol. The predicted octanol–water partition coefficient (Wildman–Crippen LogP) is 18.8. The second-order valence-corrected chi connectivity index (χ2v) is 16.8. The van der Waals surface area contributed by atoms with Crippen LogP contribution in [0.5, 0.6) is 0 Å². The molecular formula is C65H48N2. The average Bonchev–Trinajstić information content (AvgIpc) is 3.40. The van der Waals surface area contributed by atoms with Gasteiger partial charge >= 0.3 is 0 Å². The van der Waals surface area contributed by atoms with E-state index in [0.717, 1.165) is 34.1 Å². The molecule has 0 radical (unpaired) electrons. The van der Waals surface area contributed by atoms with Crippen molar-refractivity contribution in [1.29, 1.82) is 0 Å². The molecule has 0 atom stereocenters. The van der Waals surface area contributed by atoms with Crippen molar-refractivity contribution in [2.45, 2.75) is 7.43 Å². The number of hydrogen-bond acceptors (Lipinski definition) is 2. The van der Waals surface area contributed by atoms with Crippen LogP contribution in [0.4, 0.5) is 34.1 Å². The number of benzene rings is 12. The van der Waals surface area contributed by atoms with Gasteiger partial charge in [0.05, 0.1) is 34.1 Å². The highest BCUT2D eigenvalue weighted by Gasteiger charge is 2.26. The summed E-state index contributed by atoms with van der Waals surface area (Å²) in [6.07, 6.45) is 0. The first-order chi connectivity index (χ1) is 32.8. The Morgan fingerprint density at radius 3 is 0.716 bits per heavy atom. The van der Waals surface area contributed by atoms with Crippen molar-refractivity contribution in [3.63, 3.8) is 0 Å². The molecule has 318 valence electrons. The maximum atomic E-state index is 2.50. The van der Waals surface area contributed by atoms with Crippen LogP contribution in [0.3, 0.4) is 0 Å². The lowest BCUT2D eigenvalue weighted by molar-refractivity contribution is 1.30. The molecule has 2 nitrogen and oxygen atoms in total. The first-order valence-corrected chi connectivity index (χ1v) is 22.7. The van der Waals surface area contributed by atoms with Crippen LogP contribution in [0.1, 0.15) is 7.43 Å². The summed E-state index contributed by atoms with van der Waals surface area (Å²) in [4.78, 5) is 4.99. The van der Waals surface area contributed by atoms with Crippen molar-refractivity contribution >= 4 is 66.4 Å². The van der Waals surface area contributed by atoms with Crippen molar-refractivity contribution in [3.8, 4) is 44.5 Å². The third-order valence-electron chi connectivity index (χ3n) is 13.0. The maximum Gasteiger partial charge on any atom is 0.0541 e. The number of para-hydroxylation sites is 4. The van der Waals surface area contributed by atoms with Gasteiger partial charge in [-0.25, -0.2) is 0 Å². The monoisotopic (exact) mass is 856 g/mol. The van der Waals surface area contributed by atoms with E-state index < -0.39 is 0 Å². The van der Waals surface area contributed by atoms with Crippen LogP contribution in [0.15, 0.2) is 267 Å². The van der Waals surface area contributed by atoms with Crippen LogP contribution >= 0.6 is 0 Å². The van der Waals surface area contributed by atoms with E-state index in [1.54, 1.807) is 0 Å². The number of nitrogens with zero attached hydrogens (tertiary/aromatic N) is 2. The van der Waals surface area contributed by atoms with E-state index in [2.05, 4.69) is 277 Å². The van der Waals surface area contributed by atoms with Gasteiger partial charge in [-0.2, -0.15) is 0 Å². The second kappa shape index (κ2) is 17.7. The molecular weight excluding hydrogens is 809 g/mol. The summed E-state index contributed by atoms with van der Waals surface area (Å²) in [7, 11) is 0. The first kappa shape index (κ1) is 41.0. The zero-order chi connectivity index (χ0) is 43.8. The minimum Gasteiger partial charge on any atom is -0.309 e. The quantitative estimate of drug-likeness (QED) is 0.126. The number of rotatable bonds is 10. The summed E-state index contributed by atoms with van der Waals surface area (Å²) in [6.45, 7) is 0. The molecule has 0 amide bonds. The molecule has 0 aliphatic heterocycles. The Hall–Kier alpha value is -8.72. The number of anilines is 6. The van der Waals surface area contributed by atoms with Crippen molar-refractivity contribution in [3.05, 3.63) is 267 Å². The third-order valence-corrected chi connectivity index (χ3v) is 13.0. The highest BCUT2D eigenvalue weighted by atomic mass is 15.2. The largest absolute Gasteiger partial charge is 0.309 e. The molecule has 0 saturated heterocycles. The summed E-state index contributed by atoms with van der Waals surface area (Å²) in [5.74, 6) is 0. The van der Waals surface area contributed by atoms with E-state index >= 15 is 0 Å². The van der Waals surface area contributed by atoms with E-state index in [9.17, 15) is 0 Å². The molecule has 12 aromatic rings. The van der Waals surface area contributed by atoms with Gasteiger partial charge in [0.1, 0.15) is 0 Å². The van der Waals surface area contributed by atoms with E-state index in [0.29, 0.717) is 0 Å². The molecule has 0 aromatic heterocycles. The van der Waals surface area contributed by atoms with Crippen molar-refractivity contribution in [2.24, 2.45) is 0 Å². The van der Waals surface area contributed by atoms with Gasteiger partial charge in [-0.05, 0) is 80.2 Å². The van der Waals surface area contributed by atoms with Crippen LogP contribution in [0.2, 0.25) is 0 Å². The molecule has 0 unspecified atom stereocenters. The third kappa shape index (κ3) is 7.26. The summed E-state index contributed by atoms with van der Waals surface area (Å²) in [5.41, 5.74) is 16.0. The molecule has 0 aliphatic rings. The van der Waals surface area contributed by atoms with Crippen molar-refractivity contribution in [2.75, 3.05) is 9.80 Å². The van der Waals surface area contributed by atoms with Crippen LogP contribution < -0.4 is 9.80 Å². The van der Waals surface area contributed by atoms with Crippen LogP contribution in [0.25, 0.3) is 76.8 Å². The molecule has 0 N–H and O–H groups in total.